The Morgan fingerprint density at radius 2 is 1.66 bits per heavy atom. The number of methoxy groups -OCH3 is 1. The lowest BCUT2D eigenvalue weighted by molar-refractivity contribution is -0.137. The van der Waals surface area contributed by atoms with Crippen LogP contribution >= 0.6 is 11.3 Å². The van der Waals surface area contributed by atoms with Gasteiger partial charge in [-0.3, -0.25) is 4.79 Å². The Labute approximate surface area is 270 Å². The monoisotopic (exact) mass is 668 g/mol. The van der Waals surface area contributed by atoms with Crippen molar-refractivity contribution in [1.82, 2.24) is 14.8 Å². The first-order valence-electron chi connectivity index (χ1n) is 14.1. The van der Waals surface area contributed by atoms with Crippen LogP contribution in [0.4, 0.5) is 23.2 Å². The van der Waals surface area contributed by atoms with Crippen molar-refractivity contribution in [3.8, 4) is 38.0 Å². The Hall–Kier alpha value is -4.92. The number of amides is 1. The SMILES string of the molecule is COCCOCC(=O)N(C)c1ccc(-c2sc(-n3nc(C)c(-c4cccc(F)c4)c3C(=O)O)nc2-c2ccc(C(F)(F)F)cc2)cc1. The molecule has 1 N–H and O–H groups in total. The molecule has 0 unspecified atom stereocenters. The summed E-state index contributed by atoms with van der Waals surface area (Å²) in [4.78, 5) is 31.8. The molecule has 0 atom stereocenters. The Morgan fingerprint density at radius 1 is 0.979 bits per heavy atom. The fourth-order valence-electron chi connectivity index (χ4n) is 4.84. The molecule has 0 aliphatic heterocycles. The Morgan fingerprint density at radius 3 is 2.28 bits per heavy atom. The highest BCUT2D eigenvalue weighted by Gasteiger charge is 2.31. The fourth-order valence-corrected chi connectivity index (χ4v) is 5.89. The number of carbonyl (C=O) groups is 2. The second kappa shape index (κ2) is 13.8. The minimum Gasteiger partial charge on any atom is -0.476 e. The number of aryl methyl sites for hydroxylation is 1. The maximum absolute atomic E-state index is 14.1. The summed E-state index contributed by atoms with van der Waals surface area (Å²) in [5.74, 6) is -2.17. The number of anilines is 1. The Kier molecular flexibility index (Phi) is 9.84. The van der Waals surface area contributed by atoms with Gasteiger partial charge in [-0.25, -0.2) is 14.2 Å². The van der Waals surface area contributed by atoms with Crippen LogP contribution in [0.25, 0.3) is 38.0 Å². The van der Waals surface area contributed by atoms with E-state index in [1.807, 2.05) is 0 Å². The lowest BCUT2D eigenvalue weighted by Crippen LogP contribution is -2.30. The van der Waals surface area contributed by atoms with Gasteiger partial charge in [-0.15, -0.1) is 0 Å². The molecule has 0 fully saturated rings. The van der Waals surface area contributed by atoms with Crippen LogP contribution in [0, 0.1) is 12.7 Å². The first-order valence-corrected chi connectivity index (χ1v) is 14.9. The van der Waals surface area contributed by atoms with E-state index in [1.54, 1.807) is 44.3 Å². The molecule has 3 aromatic carbocycles. The number of likely N-dealkylation sites (N-methyl/N-ethyl adjacent to an activating group) is 1. The molecule has 1 amide bonds. The average Bonchev–Trinajstić information content (AvgIpc) is 3.64. The van der Waals surface area contributed by atoms with Crippen LogP contribution in [0.5, 0.6) is 0 Å². The minimum atomic E-state index is -4.54. The van der Waals surface area contributed by atoms with Gasteiger partial charge in [-0.1, -0.05) is 47.7 Å². The van der Waals surface area contributed by atoms with E-state index in [-0.39, 0.29) is 35.5 Å². The molecule has 47 heavy (non-hydrogen) atoms. The molecular formula is C33H28F4N4O5S. The highest BCUT2D eigenvalue weighted by molar-refractivity contribution is 7.18. The molecule has 0 spiro atoms. The van der Waals surface area contributed by atoms with Gasteiger partial charge in [0.25, 0.3) is 5.91 Å². The van der Waals surface area contributed by atoms with Crippen molar-refractivity contribution >= 4 is 28.9 Å². The number of nitrogens with zero attached hydrogens (tertiary/aromatic N) is 4. The van der Waals surface area contributed by atoms with E-state index < -0.39 is 23.5 Å². The summed E-state index contributed by atoms with van der Waals surface area (Å²) < 4.78 is 65.5. The molecule has 5 rings (SSSR count). The van der Waals surface area contributed by atoms with Crippen LogP contribution in [0.1, 0.15) is 21.7 Å². The Bertz CT molecular complexity index is 1900. The van der Waals surface area contributed by atoms with Gasteiger partial charge in [0.15, 0.2) is 5.69 Å². The molecule has 0 saturated heterocycles. The fraction of sp³-hybridized carbons (Fsp3) is 0.212. The Balaban J connectivity index is 1.59. The molecule has 0 radical (unpaired) electrons. The van der Waals surface area contributed by atoms with Gasteiger partial charge in [0.2, 0.25) is 5.13 Å². The van der Waals surface area contributed by atoms with E-state index in [9.17, 15) is 32.3 Å². The zero-order valence-electron chi connectivity index (χ0n) is 25.3. The maximum Gasteiger partial charge on any atom is 0.416 e. The predicted octanol–water partition coefficient (Wildman–Crippen LogP) is 7.12. The minimum absolute atomic E-state index is 0.127. The summed E-state index contributed by atoms with van der Waals surface area (Å²) in [6.45, 7) is 2.05. The number of carbonyl (C=O) groups excluding carboxylic acids is 1. The molecule has 2 heterocycles. The summed E-state index contributed by atoms with van der Waals surface area (Å²) >= 11 is 1.08. The van der Waals surface area contributed by atoms with E-state index in [0.29, 0.717) is 45.2 Å². The third kappa shape index (κ3) is 7.24. The number of benzene rings is 3. The molecule has 0 saturated carbocycles. The van der Waals surface area contributed by atoms with Gasteiger partial charge < -0.3 is 19.5 Å². The normalized spacial score (nSPS) is 11.6. The lowest BCUT2D eigenvalue weighted by Gasteiger charge is -2.17. The van der Waals surface area contributed by atoms with Crippen molar-refractivity contribution < 1.29 is 41.7 Å². The number of aromatic carboxylic acids is 1. The predicted molar refractivity (Wildman–Crippen MR) is 168 cm³/mol. The van der Waals surface area contributed by atoms with Crippen LogP contribution in [0.3, 0.4) is 0 Å². The number of halogens is 4. The number of hydrogen-bond acceptors (Lipinski definition) is 7. The number of thiazole rings is 1. The van der Waals surface area contributed by atoms with Crippen molar-refractivity contribution in [2.24, 2.45) is 0 Å². The number of rotatable bonds is 11. The van der Waals surface area contributed by atoms with E-state index in [4.69, 9.17) is 9.47 Å². The molecule has 14 heteroatoms. The van der Waals surface area contributed by atoms with Gasteiger partial charge in [-0.05, 0) is 54.4 Å². The molecule has 244 valence electrons. The van der Waals surface area contributed by atoms with Gasteiger partial charge in [0, 0.05) is 31.0 Å². The molecule has 0 bridgehead atoms. The smallest absolute Gasteiger partial charge is 0.416 e. The molecule has 5 aromatic rings. The van der Waals surface area contributed by atoms with Crippen molar-refractivity contribution in [1.29, 1.82) is 0 Å². The first-order chi connectivity index (χ1) is 22.4. The maximum atomic E-state index is 14.1. The third-order valence-corrected chi connectivity index (χ3v) is 8.29. The number of hydrogen-bond donors (Lipinski definition) is 1. The number of alkyl halides is 3. The quantitative estimate of drug-likeness (QED) is 0.118. The third-order valence-electron chi connectivity index (χ3n) is 7.21. The summed E-state index contributed by atoms with van der Waals surface area (Å²) in [6, 6.07) is 16.8. The average molecular weight is 669 g/mol. The summed E-state index contributed by atoms with van der Waals surface area (Å²) in [6.07, 6.45) is -4.54. The van der Waals surface area contributed by atoms with Crippen molar-refractivity contribution in [2.45, 2.75) is 13.1 Å². The van der Waals surface area contributed by atoms with Crippen LogP contribution in [0.15, 0.2) is 72.8 Å². The zero-order chi connectivity index (χ0) is 33.9. The largest absolute Gasteiger partial charge is 0.476 e. The van der Waals surface area contributed by atoms with E-state index >= 15 is 0 Å². The second-order valence-corrected chi connectivity index (χ2v) is 11.3. The summed E-state index contributed by atoms with van der Waals surface area (Å²) in [5.41, 5.74) is 1.54. The van der Waals surface area contributed by atoms with E-state index in [1.165, 1.54) is 42.3 Å². The molecule has 9 nitrogen and oxygen atoms in total. The van der Waals surface area contributed by atoms with Crippen LogP contribution < -0.4 is 4.90 Å². The zero-order valence-corrected chi connectivity index (χ0v) is 26.2. The second-order valence-electron chi connectivity index (χ2n) is 10.3. The number of ether oxygens (including phenoxy) is 2. The number of aromatic nitrogens is 3. The molecular weight excluding hydrogens is 640 g/mol. The van der Waals surface area contributed by atoms with Crippen LogP contribution in [0.2, 0.25) is 0 Å². The van der Waals surface area contributed by atoms with Crippen LogP contribution in [-0.4, -0.2) is 65.7 Å². The lowest BCUT2D eigenvalue weighted by atomic mass is 10.0. The first kappa shape index (κ1) is 33.4. The van der Waals surface area contributed by atoms with Gasteiger partial charge in [0.1, 0.15) is 12.4 Å². The van der Waals surface area contributed by atoms with Gasteiger partial charge in [-0.2, -0.15) is 23.0 Å². The summed E-state index contributed by atoms with van der Waals surface area (Å²) in [5, 5.41) is 14.8. The van der Waals surface area contributed by atoms with Gasteiger partial charge >= 0.3 is 12.1 Å². The van der Waals surface area contributed by atoms with E-state index in [0.717, 1.165) is 28.2 Å². The topological polar surface area (TPSA) is 107 Å². The standard InChI is InChI=1S/C33H28F4N4O5S/c1-19-27(22-5-4-6-24(34)17-22)29(31(43)44)41(39-19)32-38-28(20-7-11-23(12-8-20)33(35,36)37)30(47-32)21-9-13-25(14-10-21)40(2)26(42)18-46-16-15-45-3/h4-14,17H,15-16,18H2,1-3H3,(H,43,44). The molecule has 0 aliphatic carbocycles. The number of carboxylic acids is 1. The molecule has 2 aromatic heterocycles. The molecule has 0 aliphatic rings. The van der Waals surface area contributed by atoms with Crippen molar-refractivity contribution in [3.05, 3.63) is 95.6 Å². The summed E-state index contributed by atoms with van der Waals surface area (Å²) in [7, 11) is 3.12. The van der Waals surface area contributed by atoms with Gasteiger partial charge in [0.05, 0.1) is 35.0 Å². The van der Waals surface area contributed by atoms with E-state index in [2.05, 4.69) is 10.1 Å². The van der Waals surface area contributed by atoms with Crippen LogP contribution in [-0.2, 0) is 20.4 Å². The highest BCUT2D eigenvalue weighted by Crippen LogP contribution is 2.41. The van der Waals surface area contributed by atoms with Crippen molar-refractivity contribution in [2.75, 3.05) is 38.9 Å². The highest BCUT2D eigenvalue weighted by atomic mass is 32.1. The van der Waals surface area contributed by atoms with Crippen molar-refractivity contribution in [3.63, 3.8) is 0 Å². The number of carboxylic acid groups (broad SMARTS) is 1.